The van der Waals surface area contributed by atoms with Gasteiger partial charge in [0.05, 0.1) is 11.5 Å². The number of Topliss-reactive ketones (excluding diaryl/α,β-unsaturated/α-hetero) is 1. The maximum Gasteiger partial charge on any atom is 0.405 e. The fourth-order valence-electron chi connectivity index (χ4n) is 3.67. The zero-order chi connectivity index (χ0) is 16.8. The molecular weight excluding hydrogens is 320 g/mol. The van der Waals surface area contributed by atoms with Crippen LogP contribution in [0.15, 0.2) is 24.3 Å². The summed E-state index contributed by atoms with van der Waals surface area (Å²) < 4.78 is 0. The van der Waals surface area contributed by atoms with Gasteiger partial charge in [-0.2, -0.15) is 0 Å². The van der Waals surface area contributed by atoms with E-state index in [9.17, 15) is 14.4 Å². The number of carbonyl (C=O) groups excluding carboxylic acids is 2. The van der Waals surface area contributed by atoms with Gasteiger partial charge in [0.2, 0.25) is 5.91 Å². The maximum atomic E-state index is 12.4. The van der Waals surface area contributed by atoms with Gasteiger partial charge in [-0.1, -0.05) is 11.6 Å². The molecule has 0 aliphatic heterocycles. The molecule has 0 aromatic heterocycles. The van der Waals surface area contributed by atoms with Crippen LogP contribution in [0, 0.1) is 5.41 Å². The lowest BCUT2D eigenvalue weighted by Crippen LogP contribution is -2.78. The Balaban J connectivity index is 1.56. The second kappa shape index (κ2) is 5.23. The monoisotopic (exact) mass is 336 g/mol. The van der Waals surface area contributed by atoms with Gasteiger partial charge in [-0.3, -0.25) is 9.59 Å². The van der Waals surface area contributed by atoms with Gasteiger partial charge in [-0.05, 0) is 50.5 Å². The second-order valence-corrected chi connectivity index (χ2v) is 7.02. The Morgan fingerprint density at radius 2 is 1.74 bits per heavy atom. The molecule has 7 heteroatoms. The third kappa shape index (κ3) is 2.67. The number of carbonyl (C=O) groups is 3. The first-order valence-electron chi connectivity index (χ1n) is 7.37. The van der Waals surface area contributed by atoms with Crippen molar-refractivity contribution in [1.82, 2.24) is 10.6 Å². The Morgan fingerprint density at radius 1 is 1.17 bits per heavy atom. The molecule has 3 aliphatic carbocycles. The molecule has 0 spiro atoms. The summed E-state index contributed by atoms with van der Waals surface area (Å²) in [6, 6.07) is 5.87. The Labute approximate surface area is 138 Å². The number of carboxylic acid groups (broad SMARTS) is 1. The number of amides is 2. The van der Waals surface area contributed by atoms with Gasteiger partial charge in [0.15, 0.2) is 5.78 Å². The Morgan fingerprint density at radius 3 is 2.26 bits per heavy atom. The lowest BCUT2D eigenvalue weighted by molar-refractivity contribution is -0.179. The van der Waals surface area contributed by atoms with Crippen LogP contribution >= 0.6 is 11.6 Å². The topological polar surface area (TPSA) is 95.5 Å². The summed E-state index contributed by atoms with van der Waals surface area (Å²) in [6.45, 7) is 1.64. The van der Waals surface area contributed by atoms with Gasteiger partial charge in [-0.15, -0.1) is 0 Å². The Bertz CT molecular complexity index is 666. The lowest BCUT2D eigenvalue weighted by atomic mass is 9.39. The second-order valence-electron chi connectivity index (χ2n) is 6.59. The quantitative estimate of drug-likeness (QED) is 0.718. The molecule has 0 radical (unpaired) electrons. The molecule has 23 heavy (non-hydrogen) atoms. The molecule has 1 aromatic carbocycles. The molecular formula is C16H17ClN2O4. The minimum atomic E-state index is -1.06. The highest BCUT2D eigenvalue weighted by Gasteiger charge is 2.72. The van der Waals surface area contributed by atoms with Crippen molar-refractivity contribution in [3.8, 4) is 0 Å². The van der Waals surface area contributed by atoms with E-state index in [4.69, 9.17) is 16.7 Å². The zero-order valence-electron chi connectivity index (χ0n) is 12.6. The first-order chi connectivity index (χ1) is 10.8. The smallest absolute Gasteiger partial charge is 0.405 e. The van der Waals surface area contributed by atoms with E-state index in [0.29, 0.717) is 29.8 Å². The van der Waals surface area contributed by atoms with Crippen LogP contribution in [0.4, 0.5) is 4.79 Å². The molecule has 122 valence electrons. The first-order valence-corrected chi connectivity index (χ1v) is 7.75. The van der Waals surface area contributed by atoms with Crippen molar-refractivity contribution in [2.24, 2.45) is 5.41 Å². The molecule has 1 atom stereocenters. The molecule has 0 saturated heterocycles. The number of rotatable bonds is 5. The van der Waals surface area contributed by atoms with Crippen LogP contribution in [-0.2, 0) is 4.79 Å². The average molecular weight is 337 g/mol. The predicted molar refractivity (Wildman–Crippen MR) is 83.6 cm³/mol. The van der Waals surface area contributed by atoms with Crippen molar-refractivity contribution in [3.63, 3.8) is 0 Å². The fourth-order valence-corrected chi connectivity index (χ4v) is 3.79. The molecule has 3 N–H and O–H groups in total. The summed E-state index contributed by atoms with van der Waals surface area (Å²) in [5.41, 5.74) is -0.465. The number of benzene rings is 1. The highest BCUT2D eigenvalue weighted by Crippen LogP contribution is 2.67. The standard InChI is InChI=1S/C16H17ClN2O4/c1-9(12(20)10-2-4-11(17)5-3-10)18-13(21)15-6-16(7-15,8-15)19-14(22)23/h2-5,9,19H,6-8H2,1H3,(H,18,21)(H,22,23). The lowest BCUT2D eigenvalue weighted by Gasteiger charge is -2.68. The first kappa shape index (κ1) is 15.8. The van der Waals surface area contributed by atoms with Crippen LogP contribution in [0.2, 0.25) is 5.02 Å². The van der Waals surface area contributed by atoms with Crippen molar-refractivity contribution < 1.29 is 19.5 Å². The van der Waals surface area contributed by atoms with Crippen molar-refractivity contribution in [1.29, 1.82) is 0 Å². The van der Waals surface area contributed by atoms with Crippen molar-refractivity contribution in [2.45, 2.75) is 37.8 Å². The van der Waals surface area contributed by atoms with E-state index in [1.807, 2.05) is 0 Å². The summed E-state index contributed by atoms with van der Waals surface area (Å²) in [5, 5.41) is 14.5. The largest absolute Gasteiger partial charge is 0.465 e. The fraction of sp³-hybridized carbons (Fsp3) is 0.438. The molecule has 3 saturated carbocycles. The van der Waals surface area contributed by atoms with Crippen LogP contribution in [0.25, 0.3) is 0 Å². The summed E-state index contributed by atoms with van der Waals surface area (Å²) in [5.74, 6) is -0.360. The van der Waals surface area contributed by atoms with Crippen LogP contribution in [-0.4, -0.2) is 34.5 Å². The van der Waals surface area contributed by atoms with Gasteiger partial charge in [0, 0.05) is 16.1 Å². The molecule has 1 unspecified atom stereocenters. The summed E-state index contributed by atoms with van der Waals surface area (Å²) in [4.78, 5) is 35.3. The van der Waals surface area contributed by atoms with Crippen LogP contribution < -0.4 is 10.6 Å². The van der Waals surface area contributed by atoms with E-state index in [1.165, 1.54) is 0 Å². The summed E-state index contributed by atoms with van der Waals surface area (Å²) >= 11 is 5.79. The molecule has 3 aliphatic rings. The van der Waals surface area contributed by atoms with E-state index in [1.54, 1.807) is 31.2 Å². The van der Waals surface area contributed by atoms with E-state index in [2.05, 4.69) is 10.6 Å². The minimum absolute atomic E-state index is 0.179. The summed E-state index contributed by atoms with van der Waals surface area (Å²) in [7, 11) is 0. The molecule has 1 aromatic rings. The van der Waals surface area contributed by atoms with Gasteiger partial charge < -0.3 is 15.7 Å². The number of hydrogen-bond acceptors (Lipinski definition) is 3. The van der Waals surface area contributed by atoms with E-state index in [-0.39, 0.29) is 11.7 Å². The number of ketones is 1. The molecule has 4 rings (SSSR count). The van der Waals surface area contributed by atoms with Crippen molar-refractivity contribution >= 4 is 29.4 Å². The third-order valence-corrected chi connectivity index (χ3v) is 5.01. The summed E-state index contributed by atoms with van der Waals surface area (Å²) in [6.07, 6.45) is 0.435. The molecule has 0 heterocycles. The van der Waals surface area contributed by atoms with Crippen LogP contribution in [0.3, 0.4) is 0 Å². The number of hydrogen-bond donors (Lipinski definition) is 3. The minimum Gasteiger partial charge on any atom is -0.465 e. The maximum absolute atomic E-state index is 12.4. The van der Waals surface area contributed by atoms with E-state index in [0.717, 1.165) is 0 Å². The highest BCUT2D eigenvalue weighted by molar-refractivity contribution is 6.30. The Kier molecular flexibility index (Phi) is 3.59. The van der Waals surface area contributed by atoms with Crippen molar-refractivity contribution in [2.75, 3.05) is 0 Å². The van der Waals surface area contributed by atoms with Gasteiger partial charge in [0.1, 0.15) is 0 Å². The highest BCUT2D eigenvalue weighted by atomic mass is 35.5. The average Bonchev–Trinajstić information content (AvgIpc) is 2.40. The van der Waals surface area contributed by atoms with Gasteiger partial charge in [-0.25, -0.2) is 4.79 Å². The van der Waals surface area contributed by atoms with Gasteiger partial charge in [0.25, 0.3) is 0 Å². The predicted octanol–water partition coefficient (Wildman–Crippen LogP) is 2.22. The van der Waals surface area contributed by atoms with Crippen LogP contribution in [0.1, 0.15) is 36.5 Å². The third-order valence-electron chi connectivity index (χ3n) is 4.75. The van der Waals surface area contributed by atoms with E-state index >= 15 is 0 Å². The van der Waals surface area contributed by atoms with Crippen molar-refractivity contribution in [3.05, 3.63) is 34.9 Å². The SMILES string of the molecule is CC(NC(=O)C12CC(NC(=O)O)(C1)C2)C(=O)c1ccc(Cl)cc1. The number of halogens is 1. The Hall–Kier alpha value is -2.08. The van der Waals surface area contributed by atoms with Gasteiger partial charge >= 0.3 is 6.09 Å². The molecule has 6 nitrogen and oxygen atoms in total. The normalized spacial score (nSPS) is 28.8. The number of nitrogens with one attached hydrogen (secondary N) is 2. The zero-order valence-corrected chi connectivity index (χ0v) is 13.3. The molecule has 2 bridgehead atoms. The van der Waals surface area contributed by atoms with Crippen LogP contribution in [0.5, 0.6) is 0 Å². The molecule has 3 fully saturated rings. The van der Waals surface area contributed by atoms with E-state index < -0.39 is 23.1 Å². The molecule has 2 amide bonds.